The topological polar surface area (TPSA) is 40.5 Å². The Labute approximate surface area is 154 Å². The lowest BCUT2D eigenvalue weighted by molar-refractivity contribution is -0.122. The number of nitrogens with zero attached hydrogens (tertiary/aromatic N) is 1. The lowest BCUT2D eigenvalue weighted by Crippen LogP contribution is -2.45. The Balaban J connectivity index is -0.000000141. The van der Waals surface area contributed by atoms with Gasteiger partial charge in [0.15, 0.2) is 0 Å². The molecule has 0 aliphatic heterocycles. The van der Waals surface area contributed by atoms with Crippen molar-refractivity contribution in [2.24, 2.45) is 5.41 Å². The first-order valence-electron chi connectivity index (χ1n) is 9.70. The van der Waals surface area contributed by atoms with E-state index in [9.17, 15) is 0 Å². The van der Waals surface area contributed by atoms with Gasteiger partial charge >= 0.3 is 0 Å². The number of hydrogen-bond donors (Lipinski definition) is 1. The van der Waals surface area contributed by atoms with E-state index in [4.69, 9.17) is 9.90 Å². The van der Waals surface area contributed by atoms with Gasteiger partial charge in [0.2, 0.25) is 0 Å². The molecule has 0 aromatic carbocycles. The normalized spacial score (nSPS) is 10.8. The van der Waals surface area contributed by atoms with E-state index in [1.165, 1.54) is 32.1 Å². The van der Waals surface area contributed by atoms with Crippen LogP contribution in [0.25, 0.3) is 0 Å². The van der Waals surface area contributed by atoms with E-state index in [0.717, 1.165) is 0 Å². The van der Waals surface area contributed by atoms with Crippen molar-refractivity contribution in [2.75, 3.05) is 7.05 Å². The molecule has 3 nitrogen and oxygen atoms in total. The van der Waals surface area contributed by atoms with Gasteiger partial charge in [-0.3, -0.25) is 9.69 Å². The minimum absolute atomic E-state index is 0.250. The molecule has 0 unspecified atom stereocenters. The third-order valence-corrected chi connectivity index (χ3v) is 3.87. The minimum atomic E-state index is -0.250. The molecule has 0 spiro atoms. The fourth-order valence-corrected chi connectivity index (χ4v) is 2.23. The van der Waals surface area contributed by atoms with Crippen molar-refractivity contribution < 1.29 is 9.90 Å². The highest BCUT2D eigenvalue weighted by molar-refractivity contribution is 5.32. The van der Waals surface area contributed by atoms with Crippen molar-refractivity contribution in [1.82, 2.24) is 4.90 Å². The largest absolute Gasteiger partial charge is 0.483 e. The summed E-state index contributed by atoms with van der Waals surface area (Å²) in [5, 5.41) is 6.89. The molecule has 1 N–H and O–H groups in total. The highest BCUT2D eigenvalue weighted by atomic mass is 16.3. The average Bonchev–Trinajstić information content (AvgIpc) is 2.46. The molecule has 0 saturated carbocycles. The summed E-state index contributed by atoms with van der Waals surface area (Å²) in [6.07, 6.45) is 6.59. The van der Waals surface area contributed by atoms with Crippen LogP contribution in [0.1, 0.15) is 108 Å². The van der Waals surface area contributed by atoms with Crippen molar-refractivity contribution in [2.45, 2.75) is 120 Å². The SMILES string of the molecule is CC.CCCC(C)(C)C.CCCCC(C)(C)N(C)C(C)C.O=CO. The number of carboxylic acid groups (broad SMARTS) is 1. The van der Waals surface area contributed by atoms with Crippen LogP contribution in [-0.2, 0) is 4.79 Å². The molecule has 0 radical (unpaired) electrons. The molecule has 0 rings (SSSR count). The van der Waals surface area contributed by atoms with E-state index in [1.54, 1.807) is 0 Å². The van der Waals surface area contributed by atoms with Crippen LogP contribution in [0.3, 0.4) is 0 Å². The number of rotatable bonds is 6. The summed E-state index contributed by atoms with van der Waals surface area (Å²) in [5.41, 5.74) is 0.916. The van der Waals surface area contributed by atoms with E-state index >= 15 is 0 Å². The monoisotopic (exact) mass is 347 g/mol. The van der Waals surface area contributed by atoms with Gasteiger partial charge in [-0.15, -0.1) is 0 Å². The maximum atomic E-state index is 8.36. The van der Waals surface area contributed by atoms with E-state index in [0.29, 0.717) is 17.0 Å². The van der Waals surface area contributed by atoms with Crippen molar-refractivity contribution in [3.63, 3.8) is 0 Å². The maximum absolute atomic E-state index is 8.36. The van der Waals surface area contributed by atoms with Gasteiger partial charge in [0.05, 0.1) is 0 Å². The zero-order chi connectivity index (χ0) is 20.4. The van der Waals surface area contributed by atoms with Crippen LogP contribution in [0.4, 0.5) is 0 Å². The second kappa shape index (κ2) is 18.8. The third kappa shape index (κ3) is 26.3. The minimum Gasteiger partial charge on any atom is -0.483 e. The van der Waals surface area contributed by atoms with Gasteiger partial charge in [-0.25, -0.2) is 0 Å². The summed E-state index contributed by atoms with van der Waals surface area (Å²) in [6, 6.07) is 0.650. The van der Waals surface area contributed by atoms with Crippen molar-refractivity contribution >= 4 is 6.47 Å². The molecule has 0 aromatic rings. The van der Waals surface area contributed by atoms with Gasteiger partial charge in [0.25, 0.3) is 6.47 Å². The first-order chi connectivity index (χ1) is 10.9. The van der Waals surface area contributed by atoms with Gasteiger partial charge < -0.3 is 5.11 Å². The highest BCUT2D eigenvalue weighted by Gasteiger charge is 2.24. The van der Waals surface area contributed by atoms with Gasteiger partial charge in [-0.05, 0) is 53.0 Å². The van der Waals surface area contributed by atoms with E-state index in [1.807, 2.05) is 13.8 Å². The summed E-state index contributed by atoms with van der Waals surface area (Å²) in [7, 11) is 2.22. The van der Waals surface area contributed by atoms with Gasteiger partial charge in [-0.1, -0.05) is 67.7 Å². The molecular weight excluding hydrogens is 298 g/mol. The fraction of sp³-hybridized carbons (Fsp3) is 0.952. The van der Waals surface area contributed by atoms with Gasteiger partial charge in [0, 0.05) is 11.6 Å². The fourth-order valence-electron chi connectivity index (χ4n) is 2.23. The van der Waals surface area contributed by atoms with Crippen LogP contribution in [0.5, 0.6) is 0 Å². The van der Waals surface area contributed by atoms with E-state index in [-0.39, 0.29) is 6.47 Å². The molecular formula is C21H49NO2. The summed E-state index contributed by atoms with van der Waals surface area (Å²) in [5.74, 6) is 0. The zero-order valence-electron chi connectivity index (χ0n) is 19.0. The predicted octanol–water partition coefficient (Wildman–Crippen LogP) is 6.86. The molecule has 3 heteroatoms. The van der Waals surface area contributed by atoms with Gasteiger partial charge in [-0.2, -0.15) is 0 Å². The Kier molecular flexibility index (Phi) is 24.4. The molecule has 0 saturated heterocycles. The van der Waals surface area contributed by atoms with Crippen LogP contribution in [-0.4, -0.2) is 35.1 Å². The van der Waals surface area contributed by atoms with Crippen molar-refractivity contribution in [3.05, 3.63) is 0 Å². The molecule has 24 heavy (non-hydrogen) atoms. The van der Waals surface area contributed by atoms with Gasteiger partial charge in [0.1, 0.15) is 0 Å². The summed E-state index contributed by atoms with van der Waals surface area (Å²) in [4.78, 5) is 10.8. The zero-order valence-corrected chi connectivity index (χ0v) is 19.0. The van der Waals surface area contributed by atoms with Crippen LogP contribution in [0, 0.1) is 5.41 Å². The molecule has 0 aliphatic carbocycles. The predicted molar refractivity (Wildman–Crippen MR) is 111 cm³/mol. The molecule has 0 heterocycles. The smallest absolute Gasteiger partial charge is 0.290 e. The molecule has 0 atom stereocenters. The summed E-state index contributed by atoms with van der Waals surface area (Å²) >= 11 is 0. The second-order valence-corrected chi connectivity index (χ2v) is 8.04. The first-order valence-corrected chi connectivity index (χ1v) is 9.70. The summed E-state index contributed by atoms with van der Waals surface area (Å²) < 4.78 is 0. The maximum Gasteiger partial charge on any atom is 0.290 e. The number of hydrogen-bond acceptors (Lipinski definition) is 2. The average molecular weight is 348 g/mol. The first kappa shape index (κ1) is 31.2. The van der Waals surface area contributed by atoms with Crippen LogP contribution < -0.4 is 0 Å². The molecule has 0 aliphatic rings. The number of unbranched alkanes of at least 4 members (excludes halogenated alkanes) is 1. The molecule has 0 bridgehead atoms. The van der Waals surface area contributed by atoms with Crippen LogP contribution in [0.2, 0.25) is 0 Å². The highest BCUT2D eigenvalue weighted by Crippen LogP contribution is 2.21. The Morgan fingerprint density at radius 2 is 1.33 bits per heavy atom. The van der Waals surface area contributed by atoms with Crippen LogP contribution >= 0.6 is 0 Å². The quantitative estimate of drug-likeness (QED) is 0.534. The molecule has 0 amide bonds. The lowest BCUT2D eigenvalue weighted by atomic mass is 9.91. The Morgan fingerprint density at radius 1 is 0.958 bits per heavy atom. The number of carbonyl (C=O) groups is 1. The Bertz CT molecular complexity index is 243. The van der Waals surface area contributed by atoms with Crippen LogP contribution in [0.15, 0.2) is 0 Å². The molecule has 0 fully saturated rings. The second-order valence-electron chi connectivity index (χ2n) is 8.04. The Morgan fingerprint density at radius 3 is 1.50 bits per heavy atom. The van der Waals surface area contributed by atoms with E-state index < -0.39 is 0 Å². The molecule has 150 valence electrons. The lowest BCUT2D eigenvalue weighted by Gasteiger charge is -2.38. The standard InChI is InChI=1S/C11H25N.C7H16.C2H6.CH2O2/c1-7-8-9-11(4,5)12(6)10(2)3;1-5-6-7(2,3)4;1-2;2-1-3/h10H,7-9H2,1-6H3;5-6H2,1-4H3;1-2H3;1H,(H,2,3). The van der Waals surface area contributed by atoms with E-state index in [2.05, 4.69) is 74.3 Å². The Hall–Kier alpha value is -0.570. The molecule has 0 aromatic heterocycles. The third-order valence-electron chi connectivity index (χ3n) is 3.87. The summed E-state index contributed by atoms with van der Waals surface area (Å²) in [6.45, 7) is 24.2. The van der Waals surface area contributed by atoms with Crippen molar-refractivity contribution in [1.29, 1.82) is 0 Å². The van der Waals surface area contributed by atoms with Crippen molar-refractivity contribution in [3.8, 4) is 0 Å².